The minimum Gasteiger partial charge on any atom is -0.383 e. The Labute approximate surface area is 164 Å². The number of fused-ring (bicyclic) bond motifs is 1. The van der Waals surface area contributed by atoms with Crippen LogP contribution < -0.4 is 10.6 Å². The van der Waals surface area contributed by atoms with E-state index in [0.717, 1.165) is 22.8 Å². The van der Waals surface area contributed by atoms with E-state index in [4.69, 9.17) is 4.74 Å². The molecule has 1 aliphatic rings. The van der Waals surface area contributed by atoms with Crippen molar-refractivity contribution in [3.8, 4) is 0 Å². The quantitative estimate of drug-likeness (QED) is 0.648. The molecule has 1 aromatic carbocycles. The third kappa shape index (κ3) is 4.28. The van der Waals surface area contributed by atoms with Crippen LogP contribution in [0, 0.1) is 0 Å². The van der Waals surface area contributed by atoms with Crippen LogP contribution in [0.1, 0.15) is 21.6 Å². The summed E-state index contributed by atoms with van der Waals surface area (Å²) in [6.07, 6.45) is 0. The van der Waals surface area contributed by atoms with Gasteiger partial charge in [-0.05, 0) is 28.1 Å². The van der Waals surface area contributed by atoms with Crippen LogP contribution in [0.4, 0.5) is 5.82 Å². The van der Waals surface area contributed by atoms with Gasteiger partial charge in [-0.25, -0.2) is 4.68 Å². The largest absolute Gasteiger partial charge is 0.383 e. The third-order valence-corrected chi connectivity index (χ3v) is 5.55. The van der Waals surface area contributed by atoms with E-state index in [1.807, 2.05) is 12.1 Å². The van der Waals surface area contributed by atoms with Gasteiger partial charge in [0.2, 0.25) is 5.91 Å². The Balaban J connectivity index is 1.79. The maximum absolute atomic E-state index is 12.7. The molecule has 2 aromatic rings. The number of anilines is 1. The van der Waals surface area contributed by atoms with Gasteiger partial charge in [0.1, 0.15) is 12.4 Å². The standard InChI is InChI=1S/C17H19BrN4O3S/c1-25-7-6-19-15(23)8-22-16(12-9-26-10-14(12)21-22)20-17(24)11-4-2-3-5-13(11)18/h2-5H,6-10H2,1H3,(H,19,23)(H,20,24). The molecule has 0 saturated carbocycles. The molecule has 0 fully saturated rings. The number of benzene rings is 1. The predicted molar refractivity (Wildman–Crippen MR) is 104 cm³/mol. The van der Waals surface area contributed by atoms with Gasteiger partial charge in [0, 0.05) is 35.2 Å². The van der Waals surface area contributed by atoms with Gasteiger partial charge >= 0.3 is 0 Å². The lowest BCUT2D eigenvalue weighted by Crippen LogP contribution is -2.31. The Bertz CT molecular complexity index is 824. The van der Waals surface area contributed by atoms with Crippen molar-refractivity contribution < 1.29 is 14.3 Å². The van der Waals surface area contributed by atoms with Gasteiger partial charge < -0.3 is 15.4 Å². The van der Waals surface area contributed by atoms with Crippen molar-refractivity contribution in [2.24, 2.45) is 0 Å². The van der Waals surface area contributed by atoms with E-state index in [1.54, 1.807) is 35.7 Å². The molecular formula is C17H19BrN4O3S. The molecule has 0 aliphatic carbocycles. The summed E-state index contributed by atoms with van der Waals surface area (Å²) in [5.74, 6) is 1.73. The molecule has 0 unspecified atom stereocenters. The van der Waals surface area contributed by atoms with Crippen LogP contribution in [0.5, 0.6) is 0 Å². The molecule has 138 valence electrons. The summed E-state index contributed by atoms with van der Waals surface area (Å²) in [5.41, 5.74) is 2.44. The van der Waals surface area contributed by atoms with E-state index in [0.29, 0.717) is 29.0 Å². The van der Waals surface area contributed by atoms with Gasteiger partial charge in [0.05, 0.1) is 17.9 Å². The molecule has 9 heteroatoms. The second-order valence-corrected chi connectivity index (χ2v) is 7.54. The summed E-state index contributed by atoms with van der Waals surface area (Å²) in [4.78, 5) is 24.8. The SMILES string of the molecule is COCCNC(=O)Cn1nc2c(c1NC(=O)c1ccccc1Br)CSC2. The first-order valence-corrected chi connectivity index (χ1v) is 10.0. The highest BCUT2D eigenvalue weighted by Gasteiger charge is 2.25. The second kappa shape index (κ2) is 8.70. The zero-order chi connectivity index (χ0) is 18.5. The fourth-order valence-corrected chi connectivity index (χ4v) is 4.12. The van der Waals surface area contributed by atoms with Crippen molar-refractivity contribution in [1.82, 2.24) is 15.1 Å². The summed E-state index contributed by atoms with van der Waals surface area (Å²) in [6.45, 7) is 0.932. The fourth-order valence-electron chi connectivity index (χ4n) is 2.62. The lowest BCUT2D eigenvalue weighted by molar-refractivity contribution is -0.122. The molecule has 7 nitrogen and oxygen atoms in total. The van der Waals surface area contributed by atoms with Crippen LogP contribution in [-0.4, -0.2) is 41.9 Å². The third-order valence-electron chi connectivity index (χ3n) is 3.89. The zero-order valence-electron chi connectivity index (χ0n) is 14.3. The van der Waals surface area contributed by atoms with E-state index < -0.39 is 0 Å². The maximum atomic E-state index is 12.7. The van der Waals surface area contributed by atoms with Crippen molar-refractivity contribution in [2.75, 3.05) is 25.6 Å². The van der Waals surface area contributed by atoms with Gasteiger partial charge in [-0.3, -0.25) is 9.59 Å². The van der Waals surface area contributed by atoms with E-state index in [-0.39, 0.29) is 18.4 Å². The zero-order valence-corrected chi connectivity index (χ0v) is 16.7. The molecule has 26 heavy (non-hydrogen) atoms. The highest BCUT2D eigenvalue weighted by atomic mass is 79.9. The fraction of sp³-hybridized carbons (Fsp3) is 0.353. The molecule has 0 saturated heterocycles. The number of carbonyl (C=O) groups excluding carboxylic acids is 2. The highest BCUT2D eigenvalue weighted by Crippen LogP contribution is 2.35. The van der Waals surface area contributed by atoms with Gasteiger partial charge in [-0.15, -0.1) is 0 Å². The number of hydrogen-bond donors (Lipinski definition) is 2. The first-order chi connectivity index (χ1) is 12.6. The van der Waals surface area contributed by atoms with Crippen molar-refractivity contribution in [2.45, 2.75) is 18.1 Å². The average molecular weight is 439 g/mol. The Hall–Kier alpha value is -1.84. The van der Waals surface area contributed by atoms with Crippen LogP contribution in [0.3, 0.4) is 0 Å². The summed E-state index contributed by atoms with van der Waals surface area (Å²) >= 11 is 5.13. The first-order valence-electron chi connectivity index (χ1n) is 8.08. The summed E-state index contributed by atoms with van der Waals surface area (Å²) < 4.78 is 7.21. The Morgan fingerprint density at radius 3 is 2.92 bits per heavy atom. The van der Waals surface area contributed by atoms with Crippen LogP contribution in [0.2, 0.25) is 0 Å². The molecule has 1 aliphatic heterocycles. The smallest absolute Gasteiger partial charge is 0.257 e. The van der Waals surface area contributed by atoms with Gasteiger partial charge in [0.15, 0.2) is 0 Å². The Morgan fingerprint density at radius 1 is 1.35 bits per heavy atom. The molecular weight excluding hydrogens is 420 g/mol. The molecule has 1 aromatic heterocycles. The lowest BCUT2D eigenvalue weighted by Gasteiger charge is -2.12. The van der Waals surface area contributed by atoms with Crippen LogP contribution in [-0.2, 0) is 27.6 Å². The van der Waals surface area contributed by atoms with Crippen molar-refractivity contribution in [3.05, 3.63) is 45.6 Å². The number of hydrogen-bond acceptors (Lipinski definition) is 5. The normalized spacial score (nSPS) is 12.7. The lowest BCUT2D eigenvalue weighted by atomic mass is 10.2. The summed E-state index contributed by atoms with van der Waals surface area (Å²) in [7, 11) is 1.58. The maximum Gasteiger partial charge on any atom is 0.257 e. The van der Waals surface area contributed by atoms with Crippen LogP contribution >= 0.6 is 27.7 Å². The molecule has 0 bridgehead atoms. The number of nitrogens with zero attached hydrogens (tertiary/aromatic N) is 2. The van der Waals surface area contributed by atoms with Gasteiger partial charge in [-0.1, -0.05) is 12.1 Å². The van der Waals surface area contributed by atoms with Gasteiger partial charge in [-0.2, -0.15) is 16.9 Å². The van der Waals surface area contributed by atoms with E-state index in [2.05, 4.69) is 31.7 Å². The minimum atomic E-state index is -0.238. The summed E-state index contributed by atoms with van der Waals surface area (Å²) in [5, 5.41) is 10.2. The topological polar surface area (TPSA) is 85.2 Å². The molecule has 2 N–H and O–H groups in total. The van der Waals surface area contributed by atoms with Crippen molar-refractivity contribution >= 4 is 45.3 Å². The number of rotatable bonds is 7. The number of halogens is 1. The Kier molecular flexibility index (Phi) is 6.33. The van der Waals surface area contributed by atoms with Gasteiger partial charge in [0.25, 0.3) is 5.91 Å². The van der Waals surface area contributed by atoms with Crippen LogP contribution in [0.25, 0.3) is 0 Å². The van der Waals surface area contributed by atoms with E-state index in [9.17, 15) is 9.59 Å². The number of methoxy groups -OCH3 is 1. The number of amides is 2. The molecule has 0 atom stereocenters. The molecule has 2 heterocycles. The number of nitrogens with one attached hydrogen (secondary N) is 2. The van der Waals surface area contributed by atoms with E-state index >= 15 is 0 Å². The molecule has 0 spiro atoms. The molecule has 2 amide bonds. The number of ether oxygens (including phenoxy) is 1. The average Bonchev–Trinajstić information content (AvgIpc) is 3.18. The minimum absolute atomic E-state index is 0.0486. The van der Waals surface area contributed by atoms with Crippen molar-refractivity contribution in [3.63, 3.8) is 0 Å². The number of aromatic nitrogens is 2. The second-order valence-electron chi connectivity index (χ2n) is 5.70. The van der Waals surface area contributed by atoms with E-state index in [1.165, 1.54) is 0 Å². The first kappa shape index (κ1) is 18.9. The van der Waals surface area contributed by atoms with Crippen molar-refractivity contribution in [1.29, 1.82) is 0 Å². The molecule has 3 rings (SSSR count). The highest BCUT2D eigenvalue weighted by molar-refractivity contribution is 9.10. The predicted octanol–water partition coefficient (Wildman–Crippen LogP) is 2.41. The number of thioether (sulfide) groups is 1. The number of carbonyl (C=O) groups is 2. The monoisotopic (exact) mass is 438 g/mol. The Morgan fingerprint density at radius 2 is 2.15 bits per heavy atom. The summed E-state index contributed by atoms with van der Waals surface area (Å²) in [6, 6.07) is 7.21. The van der Waals surface area contributed by atoms with Crippen LogP contribution in [0.15, 0.2) is 28.7 Å². The molecule has 0 radical (unpaired) electrons.